The standard InChI is InChI=1S/C15H16ClFN4O3S2/c1-8-7-18-15(25-8)12-6-13(21(2)26(23,24)20-12)14(22)19-9-3-4-11(17)10(16)5-9/h3-5,7,12-13,20H,6H2,1-2H3,(H,19,22)/t12-,13+/m1/s1. The first-order valence-corrected chi connectivity index (χ1v) is 10.2. The number of rotatable bonds is 3. The molecule has 1 aliphatic rings. The second-order valence-corrected chi connectivity index (χ2v) is 9.31. The zero-order valence-electron chi connectivity index (χ0n) is 13.9. The molecule has 2 atom stereocenters. The van der Waals surface area contributed by atoms with Crippen LogP contribution in [0.1, 0.15) is 22.3 Å². The molecule has 1 amide bonds. The Morgan fingerprint density at radius 2 is 2.23 bits per heavy atom. The van der Waals surface area contributed by atoms with E-state index in [0.717, 1.165) is 15.2 Å². The molecule has 0 aliphatic carbocycles. The van der Waals surface area contributed by atoms with Gasteiger partial charge in [0.1, 0.15) is 16.9 Å². The van der Waals surface area contributed by atoms with Gasteiger partial charge in [0.2, 0.25) is 5.91 Å². The highest BCUT2D eigenvalue weighted by molar-refractivity contribution is 7.87. The van der Waals surface area contributed by atoms with Crippen LogP contribution in [0.5, 0.6) is 0 Å². The van der Waals surface area contributed by atoms with Crippen LogP contribution in [0.15, 0.2) is 24.4 Å². The van der Waals surface area contributed by atoms with Crippen molar-refractivity contribution < 1.29 is 17.6 Å². The first-order valence-electron chi connectivity index (χ1n) is 7.61. The van der Waals surface area contributed by atoms with Gasteiger partial charge in [-0.05, 0) is 31.5 Å². The smallest absolute Gasteiger partial charge is 0.280 e. The average Bonchev–Trinajstić information content (AvgIpc) is 2.99. The maximum absolute atomic E-state index is 13.2. The Labute approximate surface area is 159 Å². The number of hydrogen-bond donors (Lipinski definition) is 2. The number of anilines is 1. The number of thiazole rings is 1. The van der Waals surface area contributed by atoms with E-state index in [-0.39, 0.29) is 17.1 Å². The molecule has 1 aromatic heterocycles. The van der Waals surface area contributed by atoms with E-state index >= 15 is 0 Å². The fourth-order valence-electron chi connectivity index (χ4n) is 2.61. The van der Waals surface area contributed by atoms with E-state index in [4.69, 9.17) is 11.6 Å². The third-order valence-electron chi connectivity index (χ3n) is 4.00. The lowest BCUT2D eigenvalue weighted by Gasteiger charge is -2.35. The minimum atomic E-state index is -3.85. The lowest BCUT2D eigenvalue weighted by Crippen LogP contribution is -2.55. The number of hydrogen-bond acceptors (Lipinski definition) is 5. The van der Waals surface area contributed by atoms with Gasteiger partial charge >= 0.3 is 0 Å². The van der Waals surface area contributed by atoms with E-state index in [1.54, 1.807) is 6.20 Å². The van der Waals surface area contributed by atoms with Crippen LogP contribution >= 0.6 is 22.9 Å². The summed E-state index contributed by atoms with van der Waals surface area (Å²) in [6.07, 6.45) is 1.87. The summed E-state index contributed by atoms with van der Waals surface area (Å²) in [5.41, 5.74) is 0.285. The first-order chi connectivity index (χ1) is 12.2. The van der Waals surface area contributed by atoms with Crippen molar-refractivity contribution in [3.05, 3.63) is 45.1 Å². The Bertz CT molecular complexity index is 950. The largest absolute Gasteiger partial charge is 0.325 e. The Morgan fingerprint density at radius 1 is 1.50 bits per heavy atom. The van der Waals surface area contributed by atoms with Crippen molar-refractivity contribution in [2.45, 2.75) is 25.4 Å². The molecule has 1 fully saturated rings. The molecule has 0 unspecified atom stereocenters. The number of carbonyl (C=O) groups is 1. The summed E-state index contributed by atoms with van der Waals surface area (Å²) in [5, 5.41) is 3.05. The quantitative estimate of drug-likeness (QED) is 0.801. The Balaban J connectivity index is 1.83. The maximum atomic E-state index is 13.2. The molecule has 0 saturated carbocycles. The molecule has 1 saturated heterocycles. The van der Waals surface area contributed by atoms with Gasteiger partial charge < -0.3 is 5.32 Å². The molecule has 7 nitrogen and oxygen atoms in total. The second kappa shape index (κ2) is 7.20. The number of amides is 1. The Hall–Kier alpha value is -1.59. The van der Waals surface area contributed by atoms with Crippen LogP contribution in [0.2, 0.25) is 5.02 Å². The highest BCUT2D eigenvalue weighted by Gasteiger charge is 2.41. The molecule has 0 bridgehead atoms. The van der Waals surface area contributed by atoms with E-state index in [1.807, 2.05) is 6.92 Å². The lowest BCUT2D eigenvalue weighted by molar-refractivity contribution is -0.120. The van der Waals surface area contributed by atoms with Crippen molar-refractivity contribution in [1.29, 1.82) is 0 Å². The minimum Gasteiger partial charge on any atom is -0.325 e. The van der Waals surface area contributed by atoms with Crippen molar-refractivity contribution in [3.8, 4) is 0 Å². The molecule has 2 N–H and O–H groups in total. The number of aromatic nitrogens is 1. The first kappa shape index (κ1) is 19.2. The minimum absolute atomic E-state index is 0.134. The second-order valence-electron chi connectivity index (χ2n) is 5.87. The van der Waals surface area contributed by atoms with Gasteiger partial charge in [-0.2, -0.15) is 17.4 Å². The summed E-state index contributed by atoms with van der Waals surface area (Å²) in [4.78, 5) is 17.8. The normalized spacial score (nSPS) is 22.9. The van der Waals surface area contributed by atoms with E-state index in [1.165, 1.54) is 30.5 Å². The number of nitrogens with zero attached hydrogens (tertiary/aromatic N) is 2. The van der Waals surface area contributed by atoms with Gasteiger partial charge in [-0.1, -0.05) is 11.6 Å². The predicted molar refractivity (Wildman–Crippen MR) is 97.9 cm³/mol. The summed E-state index contributed by atoms with van der Waals surface area (Å²) < 4.78 is 41.5. The molecule has 2 heterocycles. The van der Waals surface area contributed by atoms with Gasteiger partial charge in [-0.15, -0.1) is 11.3 Å². The number of halogens is 2. The molecule has 1 aliphatic heterocycles. The van der Waals surface area contributed by atoms with Crippen LogP contribution in [0.25, 0.3) is 0 Å². The fourth-order valence-corrected chi connectivity index (χ4v) is 4.95. The predicted octanol–water partition coefficient (Wildman–Crippen LogP) is 2.46. The summed E-state index contributed by atoms with van der Waals surface area (Å²) in [5.74, 6) is -1.14. The molecular formula is C15H16ClFN4O3S2. The van der Waals surface area contributed by atoms with Gasteiger partial charge in [0.05, 0.1) is 11.1 Å². The van der Waals surface area contributed by atoms with Crippen molar-refractivity contribution in [3.63, 3.8) is 0 Å². The maximum Gasteiger partial charge on any atom is 0.280 e. The Kier molecular flexibility index (Phi) is 5.31. The number of carbonyl (C=O) groups excluding carboxylic acids is 1. The van der Waals surface area contributed by atoms with Crippen LogP contribution in [-0.2, 0) is 15.0 Å². The molecule has 140 valence electrons. The number of nitrogens with one attached hydrogen (secondary N) is 2. The number of benzene rings is 1. The van der Waals surface area contributed by atoms with Gasteiger partial charge in [0.25, 0.3) is 10.2 Å². The topological polar surface area (TPSA) is 91.4 Å². The zero-order valence-corrected chi connectivity index (χ0v) is 16.3. The molecule has 3 rings (SSSR count). The highest BCUT2D eigenvalue weighted by atomic mass is 35.5. The van der Waals surface area contributed by atoms with E-state index in [2.05, 4.69) is 15.0 Å². The molecule has 2 aromatic rings. The lowest BCUT2D eigenvalue weighted by atomic mass is 10.1. The van der Waals surface area contributed by atoms with Crippen LogP contribution in [-0.4, -0.2) is 36.7 Å². The monoisotopic (exact) mass is 418 g/mol. The summed E-state index contributed by atoms with van der Waals surface area (Å²) in [7, 11) is -2.52. The van der Waals surface area contributed by atoms with Crippen LogP contribution < -0.4 is 10.0 Å². The average molecular weight is 419 g/mol. The van der Waals surface area contributed by atoms with Gasteiger partial charge in [-0.3, -0.25) is 4.79 Å². The third kappa shape index (κ3) is 3.89. The molecular weight excluding hydrogens is 403 g/mol. The van der Waals surface area contributed by atoms with Crippen molar-refractivity contribution in [2.24, 2.45) is 0 Å². The van der Waals surface area contributed by atoms with Crippen LogP contribution in [0.3, 0.4) is 0 Å². The van der Waals surface area contributed by atoms with Crippen LogP contribution in [0.4, 0.5) is 10.1 Å². The molecule has 26 heavy (non-hydrogen) atoms. The fraction of sp³-hybridized carbons (Fsp3) is 0.333. The van der Waals surface area contributed by atoms with E-state index < -0.39 is 34.0 Å². The number of likely N-dealkylation sites (N-methyl/N-ethyl adjacent to an activating group) is 1. The van der Waals surface area contributed by atoms with Crippen LogP contribution in [0, 0.1) is 12.7 Å². The third-order valence-corrected chi connectivity index (χ3v) is 6.91. The Morgan fingerprint density at radius 3 is 2.85 bits per heavy atom. The summed E-state index contributed by atoms with van der Waals surface area (Å²) in [6.45, 7) is 1.87. The van der Waals surface area contributed by atoms with Gasteiger partial charge in [-0.25, -0.2) is 9.37 Å². The summed E-state index contributed by atoms with van der Waals surface area (Å²) >= 11 is 7.08. The van der Waals surface area contributed by atoms with Crippen molar-refractivity contribution in [2.75, 3.05) is 12.4 Å². The molecule has 11 heteroatoms. The zero-order chi connectivity index (χ0) is 19.1. The highest BCUT2D eigenvalue weighted by Crippen LogP contribution is 2.31. The molecule has 0 radical (unpaired) electrons. The molecule has 0 spiro atoms. The SMILES string of the molecule is Cc1cnc([C@H]2C[C@@H](C(=O)Nc3ccc(F)c(Cl)c3)N(C)S(=O)(=O)N2)s1. The van der Waals surface area contributed by atoms with Crippen molar-refractivity contribution in [1.82, 2.24) is 14.0 Å². The number of aryl methyl sites for hydroxylation is 1. The van der Waals surface area contributed by atoms with Gasteiger partial charge in [0, 0.05) is 23.8 Å². The molecule has 1 aromatic carbocycles. The van der Waals surface area contributed by atoms with E-state index in [9.17, 15) is 17.6 Å². The van der Waals surface area contributed by atoms with Gasteiger partial charge in [0.15, 0.2) is 0 Å². The van der Waals surface area contributed by atoms with Crippen molar-refractivity contribution >= 4 is 44.7 Å². The van der Waals surface area contributed by atoms with E-state index in [0.29, 0.717) is 5.01 Å². The summed E-state index contributed by atoms with van der Waals surface area (Å²) in [6, 6.07) is 2.21.